The second kappa shape index (κ2) is 4.39. The van der Waals surface area contributed by atoms with Crippen LogP contribution in [0.1, 0.15) is 6.92 Å². The van der Waals surface area contributed by atoms with Crippen molar-refractivity contribution in [3.05, 3.63) is 0 Å². The molecule has 0 saturated heterocycles. The van der Waals surface area contributed by atoms with Crippen LogP contribution in [0.4, 0.5) is 0 Å². The monoisotopic (exact) mass is 205 g/mol. The first-order valence-electron chi connectivity index (χ1n) is 4.19. The van der Waals surface area contributed by atoms with Gasteiger partial charge in [0.25, 0.3) is 0 Å². The Balaban J connectivity index is 4.55. The highest BCUT2D eigenvalue weighted by Gasteiger charge is 2.33. The van der Waals surface area contributed by atoms with E-state index in [1.165, 1.54) is 6.92 Å². The summed E-state index contributed by atoms with van der Waals surface area (Å²) in [4.78, 5) is 21.4. The van der Waals surface area contributed by atoms with Gasteiger partial charge < -0.3 is 14.7 Å². The number of aliphatic carboxylic acids is 2. The Morgan fingerprint density at radius 2 is 1.57 bits per heavy atom. The van der Waals surface area contributed by atoms with Gasteiger partial charge in [0.15, 0.2) is 0 Å². The molecule has 6 nitrogen and oxygen atoms in total. The highest BCUT2D eigenvalue weighted by molar-refractivity contribution is 5.76. The van der Waals surface area contributed by atoms with Crippen LogP contribution in [-0.2, 0) is 9.59 Å². The molecule has 3 N–H and O–H groups in total. The number of nitrogens with one attached hydrogen (secondary N) is 1. The molecule has 0 aromatic rings. The van der Waals surface area contributed by atoms with E-state index in [2.05, 4.69) is 5.32 Å². The molecular weight excluding hydrogens is 188 g/mol. The molecule has 6 heteroatoms. The fourth-order valence-corrected chi connectivity index (χ4v) is 0.934. The second-order valence-corrected chi connectivity index (χ2v) is 4.08. The Morgan fingerprint density at radius 1 is 1.14 bits per heavy atom. The number of rotatable bonds is 5. The molecule has 0 aromatic heterocycles. The summed E-state index contributed by atoms with van der Waals surface area (Å²) < 4.78 is 0.118. The Morgan fingerprint density at radius 3 is 1.79 bits per heavy atom. The molecule has 0 fully saturated rings. The maximum atomic E-state index is 10.8. The summed E-state index contributed by atoms with van der Waals surface area (Å²) in [6, 6.07) is -0.881. The SMILES string of the molecule is CC(NC(C(=O)O)[N+](C)(C)C)C(=O)O. The van der Waals surface area contributed by atoms with E-state index in [0.29, 0.717) is 0 Å². The summed E-state index contributed by atoms with van der Waals surface area (Å²) in [5.74, 6) is -2.13. The van der Waals surface area contributed by atoms with E-state index in [0.717, 1.165) is 0 Å². The molecule has 0 aliphatic carbocycles. The summed E-state index contributed by atoms with van der Waals surface area (Å²) in [5, 5.41) is 20.0. The molecule has 0 rings (SSSR count). The summed E-state index contributed by atoms with van der Waals surface area (Å²) in [6.45, 7) is 1.41. The Bertz CT molecular complexity index is 234. The van der Waals surface area contributed by atoms with Crippen molar-refractivity contribution < 1.29 is 24.3 Å². The van der Waals surface area contributed by atoms with Crippen LogP contribution in [-0.4, -0.2) is 60.0 Å². The first kappa shape index (κ1) is 12.9. The third kappa shape index (κ3) is 3.71. The first-order valence-corrected chi connectivity index (χ1v) is 4.19. The van der Waals surface area contributed by atoms with Gasteiger partial charge in [0.05, 0.1) is 21.1 Å². The van der Waals surface area contributed by atoms with Gasteiger partial charge in [0, 0.05) is 0 Å². The van der Waals surface area contributed by atoms with E-state index >= 15 is 0 Å². The molecule has 0 aliphatic heterocycles. The van der Waals surface area contributed by atoms with E-state index in [-0.39, 0.29) is 4.48 Å². The van der Waals surface area contributed by atoms with Gasteiger partial charge in [-0.3, -0.25) is 4.79 Å². The van der Waals surface area contributed by atoms with Crippen LogP contribution >= 0.6 is 0 Å². The van der Waals surface area contributed by atoms with Gasteiger partial charge >= 0.3 is 11.9 Å². The second-order valence-electron chi connectivity index (χ2n) is 4.08. The van der Waals surface area contributed by atoms with Gasteiger partial charge in [-0.2, -0.15) is 0 Å². The number of carbonyl (C=O) groups is 2. The minimum absolute atomic E-state index is 0.118. The van der Waals surface area contributed by atoms with Crippen LogP contribution in [0.15, 0.2) is 0 Å². The van der Waals surface area contributed by atoms with Crippen molar-refractivity contribution in [3.8, 4) is 0 Å². The van der Waals surface area contributed by atoms with Crippen LogP contribution in [0.2, 0.25) is 0 Å². The number of hydrogen-bond donors (Lipinski definition) is 3. The van der Waals surface area contributed by atoms with E-state index in [1.807, 2.05) is 0 Å². The lowest BCUT2D eigenvalue weighted by Gasteiger charge is -2.32. The third-order valence-electron chi connectivity index (χ3n) is 1.79. The molecule has 0 aliphatic rings. The van der Waals surface area contributed by atoms with E-state index in [9.17, 15) is 9.59 Å². The molecule has 2 unspecified atom stereocenters. The lowest BCUT2D eigenvalue weighted by atomic mass is 10.3. The van der Waals surface area contributed by atoms with Crippen LogP contribution in [0.25, 0.3) is 0 Å². The average Bonchev–Trinajstić information content (AvgIpc) is 1.96. The zero-order valence-electron chi connectivity index (χ0n) is 8.81. The molecule has 82 valence electrons. The van der Waals surface area contributed by atoms with Crippen molar-refractivity contribution >= 4 is 11.9 Å². The molecule has 0 amide bonds. The molecule has 0 radical (unpaired) electrons. The van der Waals surface area contributed by atoms with Gasteiger partial charge in [-0.1, -0.05) is 0 Å². The summed E-state index contributed by atoms with van der Waals surface area (Å²) in [6.07, 6.45) is -0.930. The molecule has 0 bridgehead atoms. The van der Waals surface area contributed by atoms with Crippen LogP contribution in [0.5, 0.6) is 0 Å². The maximum absolute atomic E-state index is 10.8. The fraction of sp³-hybridized carbons (Fsp3) is 0.750. The molecular formula is C8H17N2O4+. The highest BCUT2D eigenvalue weighted by Crippen LogP contribution is 2.01. The van der Waals surface area contributed by atoms with Gasteiger partial charge in [-0.25, -0.2) is 10.1 Å². The van der Waals surface area contributed by atoms with Gasteiger partial charge in [0.2, 0.25) is 6.17 Å². The van der Waals surface area contributed by atoms with Gasteiger partial charge in [0.1, 0.15) is 6.04 Å². The number of nitrogens with zero attached hydrogens (tertiary/aromatic N) is 1. The van der Waals surface area contributed by atoms with Crippen LogP contribution in [0.3, 0.4) is 0 Å². The molecule has 0 saturated carbocycles. The minimum atomic E-state index is -1.07. The summed E-state index contributed by atoms with van der Waals surface area (Å²) >= 11 is 0. The summed E-state index contributed by atoms with van der Waals surface area (Å²) in [5.41, 5.74) is 0. The normalized spacial score (nSPS) is 16.0. The van der Waals surface area contributed by atoms with Crippen molar-refractivity contribution in [1.29, 1.82) is 0 Å². The van der Waals surface area contributed by atoms with Gasteiger partial charge in [-0.15, -0.1) is 0 Å². The third-order valence-corrected chi connectivity index (χ3v) is 1.79. The highest BCUT2D eigenvalue weighted by atomic mass is 16.4. The topological polar surface area (TPSA) is 86.6 Å². The van der Waals surface area contributed by atoms with Crippen molar-refractivity contribution in [3.63, 3.8) is 0 Å². The minimum Gasteiger partial charge on any atom is -0.480 e. The summed E-state index contributed by atoms with van der Waals surface area (Å²) in [7, 11) is 5.04. The van der Waals surface area contributed by atoms with E-state index in [1.54, 1.807) is 21.1 Å². The first-order chi connectivity index (χ1) is 6.16. The maximum Gasteiger partial charge on any atom is 0.379 e. The van der Waals surface area contributed by atoms with Crippen molar-refractivity contribution in [2.24, 2.45) is 0 Å². The number of carboxylic acid groups (broad SMARTS) is 2. The molecule has 0 aromatic carbocycles. The van der Waals surface area contributed by atoms with Crippen LogP contribution in [0, 0.1) is 0 Å². The average molecular weight is 205 g/mol. The van der Waals surface area contributed by atoms with Crippen molar-refractivity contribution in [1.82, 2.24) is 5.32 Å². The Kier molecular flexibility index (Phi) is 4.03. The van der Waals surface area contributed by atoms with Crippen molar-refractivity contribution in [2.75, 3.05) is 21.1 Å². The molecule has 2 atom stereocenters. The molecule has 14 heavy (non-hydrogen) atoms. The standard InChI is InChI=1S/C8H16N2O4/c1-5(7(11)12)9-6(8(13)14)10(2,3)4/h5-6,9H,1-4H3,(H-,11,12,13,14)/p+1. The number of carboxylic acids is 2. The number of quaternary nitrogens is 1. The van der Waals surface area contributed by atoms with E-state index in [4.69, 9.17) is 10.2 Å². The predicted octanol–water partition coefficient (Wildman–Crippen LogP) is -0.834. The molecule has 0 spiro atoms. The predicted molar refractivity (Wildman–Crippen MR) is 49.7 cm³/mol. The Labute approximate surface area is 82.7 Å². The quantitative estimate of drug-likeness (QED) is 0.402. The fourth-order valence-electron chi connectivity index (χ4n) is 0.934. The smallest absolute Gasteiger partial charge is 0.379 e. The number of likely N-dealkylation sites (N-methyl/N-ethyl adjacent to an activating group) is 1. The lowest BCUT2D eigenvalue weighted by Crippen LogP contribution is -2.61. The lowest BCUT2D eigenvalue weighted by molar-refractivity contribution is -0.890. The van der Waals surface area contributed by atoms with Crippen LogP contribution < -0.4 is 5.32 Å². The zero-order valence-corrected chi connectivity index (χ0v) is 8.81. The Hall–Kier alpha value is -1.14. The van der Waals surface area contributed by atoms with Gasteiger partial charge in [-0.05, 0) is 6.92 Å². The zero-order chi connectivity index (χ0) is 11.5. The molecule has 0 heterocycles. The largest absolute Gasteiger partial charge is 0.480 e. The van der Waals surface area contributed by atoms with Crippen molar-refractivity contribution in [2.45, 2.75) is 19.1 Å². The van der Waals surface area contributed by atoms with E-state index < -0.39 is 24.1 Å². The number of hydrogen-bond acceptors (Lipinski definition) is 3.